The zero-order chi connectivity index (χ0) is 13.9. The average molecular weight is 291 g/mol. The van der Waals surface area contributed by atoms with E-state index >= 15 is 0 Å². The Balaban J connectivity index is 1.98. The van der Waals surface area contributed by atoms with Gasteiger partial charge in [0.05, 0.1) is 12.2 Å². The van der Waals surface area contributed by atoms with E-state index in [9.17, 15) is 0 Å². The van der Waals surface area contributed by atoms with Gasteiger partial charge in [-0.1, -0.05) is 22.8 Å². The Morgan fingerprint density at radius 3 is 2.95 bits per heavy atom. The monoisotopic (exact) mass is 290 g/mol. The molecule has 0 fully saturated rings. The van der Waals surface area contributed by atoms with Gasteiger partial charge in [-0.25, -0.2) is 9.97 Å². The van der Waals surface area contributed by atoms with E-state index in [4.69, 9.17) is 16.8 Å². The van der Waals surface area contributed by atoms with Gasteiger partial charge in [-0.3, -0.25) is 0 Å². The Morgan fingerprint density at radius 1 is 1.35 bits per heavy atom. The summed E-state index contributed by atoms with van der Waals surface area (Å²) >= 11 is 5.81. The lowest BCUT2D eigenvalue weighted by molar-refractivity contribution is 0.321. The van der Waals surface area contributed by atoms with Crippen LogP contribution < -0.4 is 0 Å². The summed E-state index contributed by atoms with van der Waals surface area (Å²) in [5, 5.41) is 12.4. The number of halogens is 1. The highest BCUT2D eigenvalue weighted by Gasteiger charge is 2.19. The zero-order valence-corrected chi connectivity index (χ0v) is 11.7. The van der Waals surface area contributed by atoms with Crippen molar-refractivity contribution in [2.75, 3.05) is 0 Å². The second-order valence-electron chi connectivity index (χ2n) is 4.89. The van der Waals surface area contributed by atoms with E-state index < -0.39 is 0 Å². The van der Waals surface area contributed by atoms with Crippen molar-refractivity contribution in [2.45, 2.75) is 32.2 Å². The van der Waals surface area contributed by atoms with Crippen LogP contribution in [0.1, 0.15) is 35.6 Å². The van der Waals surface area contributed by atoms with Crippen molar-refractivity contribution >= 4 is 17.8 Å². The lowest BCUT2D eigenvalue weighted by atomic mass is 10.0. The topological polar surface area (TPSA) is 63.3 Å². The average Bonchev–Trinajstić information content (AvgIpc) is 2.80. The first-order valence-electron chi connectivity index (χ1n) is 6.64. The summed E-state index contributed by atoms with van der Waals surface area (Å²) in [5.41, 5.74) is 3.40. The SMILES string of the molecule is O/N=C/c1nc2c(n1Cc1ccc(Cl)nc1)CCCC2. The van der Waals surface area contributed by atoms with Gasteiger partial charge in [0, 0.05) is 11.9 Å². The van der Waals surface area contributed by atoms with Crippen LogP contribution >= 0.6 is 11.6 Å². The van der Waals surface area contributed by atoms with Crippen LogP contribution in [0.25, 0.3) is 0 Å². The number of hydrogen-bond donors (Lipinski definition) is 1. The Hall–Kier alpha value is -1.88. The molecule has 0 bridgehead atoms. The molecule has 0 amide bonds. The van der Waals surface area contributed by atoms with Crippen LogP contribution in [0.5, 0.6) is 0 Å². The summed E-state index contributed by atoms with van der Waals surface area (Å²) < 4.78 is 2.10. The Morgan fingerprint density at radius 2 is 2.20 bits per heavy atom. The van der Waals surface area contributed by atoms with E-state index in [1.807, 2.05) is 6.07 Å². The predicted molar refractivity (Wildman–Crippen MR) is 76.6 cm³/mol. The molecule has 0 radical (unpaired) electrons. The number of aryl methyl sites for hydroxylation is 1. The molecule has 0 saturated carbocycles. The van der Waals surface area contributed by atoms with E-state index in [0.29, 0.717) is 17.5 Å². The molecule has 1 N–H and O–H groups in total. The molecule has 5 nitrogen and oxygen atoms in total. The third kappa shape index (κ3) is 2.54. The molecule has 3 rings (SSSR count). The number of fused-ring (bicyclic) bond motifs is 1. The molecule has 0 unspecified atom stereocenters. The minimum atomic E-state index is 0.485. The molecule has 0 atom stereocenters. The fourth-order valence-corrected chi connectivity index (χ4v) is 2.74. The van der Waals surface area contributed by atoms with Crippen molar-refractivity contribution in [3.05, 3.63) is 46.3 Å². The van der Waals surface area contributed by atoms with Gasteiger partial charge >= 0.3 is 0 Å². The van der Waals surface area contributed by atoms with Crippen molar-refractivity contribution < 1.29 is 5.21 Å². The van der Waals surface area contributed by atoms with E-state index in [-0.39, 0.29) is 0 Å². The molecular weight excluding hydrogens is 276 g/mol. The molecule has 2 aromatic heterocycles. The normalized spacial score (nSPS) is 14.7. The molecular formula is C14H15ClN4O. The number of oxime groups is 1. The van der Waals surface area contributed by atoms with Crippen molar-refractivity contribution in [3.8, 4) is 0 Å². The highest BCUT2D eigenvalue weighted by Crippen LogP contribution is 2.23. The van der Waals surface area contributed by atoms with E-state index in [0.717, 1.165) is 24.1 Å². The standard InChI is InChI=1S/C14H15ClN4O/c15-13-6-5-10(7-16-13)9-19-12-4-2-1-3-11(12)18-14(19)8-17-20/h5-8,20H,1-4,9H2/b17-8+. The first kappa shape index (κ1) is 13.1. The van der Waals surface area contributed by atoms with Gasteiger partial charge in [-0.2, -0.15) is 0 Å². The Labute approximate surface area is 121 Å². The third-order valence-corrected chi connectivity index (χ3v) is 3.79. The molecule has 20 heavy (non-hydrogen) atoms. The highest BCUT2D eigenvalue weighted by atomic mass is 35.5. The molecule has 0 aliphatic heterocycles. The molecule has 0 aromatic carbocycles. The summed E-state index contributed by atoms with van der Waals surface area (Å²) in [5.74, 6) is 0.689. The molecule has 1 aliphatic carbocycles. The van der Waals surface area contributed by atoms with Gasteiger partial charge in [0.2, 0.25) is 0 Å². The molecule has 6 heteroatoms. The van der Waals surface area contributed by atoms with Gasteiger partial charge in [0.1, 0.15) is 11.4 Å². The van der Waals surface area contributed by atoms with Crippen LogP contribution in [0.4, 0.5) is 0 Å². The van der Waals surface area contributed by atoms with Gasteiger partial charge in [0.25, 0.3) is 0 Å². The molecule has 0 saturated heterocycles. The van der Waals surface area contributed by atoms with E-state index in [1.54, 1.807) is 12.3 Å². The second-order valence-corrected chi connectivity index (χ2v) is 5.28. The summed E-state index contributed by atoms with van der Waals surface area (Å²) in [4.78, 5) is 8.66. The fourth-order valence-electron chi connectivity index (χ4n) is 2.63. The van der Waals surface area contributed by atoms with Crippen LogP contribution in [0.15, 0.2) is 23.5 Å². The second kappa shape index (κ2) is 5.63. The van der Waals surface area contributed by atoms with Crippen molar-refractivity contribution in [1.29, 1.82) is 0 Å². The van der Waals surface area contributed by atoms with E-state index in [1.165, 1.54) is 24.8 Å². The minimum absolute atomic E-state index is 0.485. The number of pyridine rings is 1. The summed E-state index contributed by atoms with van der Waals surface area (Å²) in [6.07, 6.45) is 7.50. The quantitative estimate of drug-likeness (QED) is 0.409. The summed E-state index contributed by atoms with van der Waals surface area (Å²) in [7, 11) is 0. The number of imidazole rings is 1. The maximum Gasteiger partial charge on any atom is 0.155 e. The van der Waals surface area contributed by atoms with Crippen LogP contribution in [0, 0.1) is 0 Å². The number of rotatable bonds is 3. The lowest BCUT2D eigenvalue weighted by Gasteiger charge is -2.14. The van der Waals surface area contributed by atoms with Crippen molar-refractivity contribution in [3.63, 3.8) is 0 Å². The number of nitrogens with zero attached hydrogens (tertiary/aromatic N) is 4. The smallest absolute Gasteiger partial charge is 0.155 e. The zero-order valence-electron chi connectivity index (χ0n) is 11.0. The van der Waals surface area contributed by atoms with Crippen LogP contribution in [-0.2, 0) is 19.4 Å². The summed E-state index contributed by atoms with van der Waals surface area (Å²) in [6, 6.07) is 3.73. The molecule has 2 heterocycles. The van der Waals surface area contributed by atoms with Crippen LogP contribution in [0.2, 0.25) is 5.15 Å². The first-order chi connectivity index (χ1) is 9.78. The number of hydrogen-bond acceptors (Lipinski definition) is 4. The molecule has 104 valence electrons. The third-order valence-electron chi connectivity index (χ3n) is 3.56. The van der Waals surface area contributed by atoms with Gasteiger partial charge in [-0.05, 0) is 37.3 Å². The molecule has 2 aromatic rings. The minimum Gasteiger partial charge on any atom is -0.411 e. The predicted octanol–water partition coefficient (Wildman–Crippen LogP) is 2.67. The number of aromatic nitrogens is 3. The van der Waals surface area contributed by atoms with Crippen molar-refractivity contribution in [1.82, 2.24) is 14.5 Å². The Bertz CT molecular complexity index is 633. The highest BCUT2D eigenvalue weighted by molar-refractivity contribution is 6.29. The first-order valence-corrected chi connectivity index (χ1v) is 7.02. The molecule has 0 spiro atoms. The van der Waals surface area contributed by atoms with Gasteiger partial charge in [0.15, 0.2) is 5.82 Å². The van der Waals surface area contributed by atoms with Crippen molar-refractivity contribution in [2.24, 2.45) is 5.16 Å². The van der Waals surface area contributed by atoms with Crippen LogP contribution in [-0.4, -0.2) is 26.0 Å². The van der Waals surface area contributed by atoms with Gasteiger partial charge < -0.3 is 9.77 Å². The van der Waals surface area contributed by atoms with E-state index in [2.05, 4.69) is 19.7 Å². The van der Waals surface area contributed by atoms with Gasteiger partial charge in [-0.15, -0.1) is 0 Å². The maximum absolute atomic E-state index is 8.79. The fraction of sp³-hybridized carbons (Fsp3) is 0.357. The maximum atomic E-state index is 8.79. The molecule has 1 aliphatic rings. The van der Waals surface area contributed by atoms with Crippen LogP contribution in [0.3, 0.4) is 0 Å². The largest absolute Gasteiger partial charge is 0.411 e. The lowest BCUT2D eigenvalue weighted by Crippen LogP contribution is -2.11. The summed E-state index contributed by atoms with van der Waals surface area (Å²) in [6.45, 7) is 0.661. The Kier molecular flexibility index (Phi) is 3.69.